The van der Waals surface area contributed by atoms with Crippen molar-refractivity contribution in [1.29, 1.82) is 0 Å². The van der Waals surface area contributed by atoms with Crippen molar-refractivity contribution in [3.05, 3.63) is 30.2 Å². The first kappa shape index (κ1) is 21.7. The molecule has 2 fully saturated rings. The summed E-state index contributed by atoms with van der Waals surface area (Å²) in [6.07, 6.45) is 9.71. The summed E-state index contributed by atoms with van der Waals surface area (Å²) in [6, 6.07) is 5.99. The molecule has 1 aliphatic carbocycles. The molecule has 0 unspecified atom stereocenters. The quantitative estimate of drug-likeness (QED) is 0.384. The summed E-state index contributed by atoms with van der Waals surface area (Å²) in [5, 5.41) is 12.1. The van der Waals surface area contributed by atoms with Crippen LogP contribution in [0.4, 0.5) is 0 Å². The lowest BCUT2D eigenvalue weighted by molar-refractivity contribution is 0.293. The van der Waals surface area contributed by atoms with E-state index in [0.717, 1.165) is 50.0 Å². The van der Waals surface area contributed by atoms with Crippen molar-refractivity contribution in [3.8, 4) is 0 Å². The lowest BCUT2D eigenvalue weighted by Gasteiger charge is -2.45. The second-order valence-electron chi connectivity index (χ2n) is 7.54. The summed E-state index contributed by atoms with van der Waals surface area (Å²) in [7, 11) is 0. The van der Waals surface area contributed by atoms with E-state index in [-0.39, 0.29) is 24.0 Å². The third kappa shape index (κ3) is 4.93. The van der Waals surface area contributed by atoms with Crippen molar-refractivity contribution in [2.75, 3.05) is 31.9 Å². The van der Waals surface area contributed by atoms with Gasteiger partial charge in [0.2, 0.25) is 0 Å². The zero-order valence-electron chi connectivity index (χ0n) is 16.6. The van der Waals surface area contributed by atoms with Crippen LogP contribution in [0.25, 0.3) is 5.65 Å². The first-order valence-corrected chi connectivity index (χ1v) is 11.2. The van der Waals surface area contributed by atoms with Crippen LogP contribution in [-0.2, 0) is 6.42 Å². The number of fused-ring (bicyclic) bond motifs is 1. The Labute approximate surface area is 189 Å². The van der Waals surface area contributed by atoms with Gasteiger partial charge in [-0.2, -0.15) is 11.8 Å². The van der Waals surface area contributed by atoms with Gasteiger partial charge in [-0.15, -0.1) is 34.2 Å². The fourth-order valence-corrected chi connectivity index (χ4v) is 5.84. The Bertz CT molecular complexity index is 780. The van der Waals surface area contributed by atoms with E-state index in [1.807, 2.05) is 24.4 Å². The second-order valence-corrected chi connectivity index (χ2v) is 9.11. The van der Waals surface area contributed by atoms with Crippen LogP contribution in [0, 0.1) is 0 Å². The number of thioether (sulfide) groups is 1. The minimum Gasteiger partial charge on any atom is -0.357 e. The van der Waals surface area contributed by atoms with Crippen LogP contribution < -0.4 is 5.32 Å². The molecule has 154 valence electrons. The van der Waals surface area contributed by atoms with Crippen molar-refractivity contribution >= 4 is 47.3 Å². The topological polar surface area (TPSA) is 57.8 Å². The minimum absolute atomic E-state index is 0. The SMILES string of the molecule is CCNC(=NCCc1nnc2ccccn12)N1CCSC2(CCCCC2)C1.I. The number of aliphatic imine (C=N–C) groups is 1. The predicted molar refractivity (Wildman–Crippen MR) is 128 cm³/mol. The molecule has 6 nitrogen and oxygen atoms in total. The molecule has 0 amide bonds. The molecule has 8 heteroatoms. The van der Waals surface area contributed by atoms with Crippen molar-refractivity contribution in [2.24, 2.45) is 4.99 Å². The van der Waals surface area contributed by atoms with E-state index in [4.69, 9.17) is 4.99 Å². The molecule has 0 bridgehead atoms. The third-order valence-corrected chi connectivity index (χ3v) is 7.17. The van der Waals surface area contributed by atoms with Gasteiger partial charge in [0.1, 0.15) is 5.82 Å². The summed E-state index contributed by atoms with van der Waals surface area (Å²) >= 11 is 2.20. The molecule has 0 atom stereocenters. The maximum absolute atomic E-state index is 4.94. The Hall–Kier alpha value is -1.03. The molecular formula is C20H31IN6S. The largest absolute Gasteiger partial charge is 0.357 e. The van der Waals surface area contributed by atoms with E-state index in [1.54, 1.807) is 0 Å². The van der Waals surface area contributed by atoms with Gasteiger partial charge in [-0.3, -0.25) is 9.39 Å². The molecule has 4 rings (SSSR count). The Balaban J connectivity index is 0.00000225. The minimum atomic E-state index is 0. The molecule has 0 aromatic carbocycles. The number of guanidine groups is 1. The number of pyridine rings is 1. The number of aromatic nitrogens is 3. The van der Waals surface area contributed by atoms with Crippen molar-refractivity contribution in [2.45, 2.75) is 50.2 Å². The molecule has 1 aliphatic heterocycles. The van der Waals surface area contributed by atoms with Gasteiger partial charge in [-0.05, 0) is 31.9 Å². The maximum Gasteiger partial charge on any atom is 0.194 e. The first-order chi connectivity index (χ1) is 13.3. The van der Waals surface area contributed by atoms with Crippen LogP contribution in [0.2, 0.25) is 0 Å². The van der Waals surface area contributed by atoms with Gasteiger partial charge in [0, 0.05) is 49.3 Å². The lowest BCUT2D eigenvalue weighted by Crippen LogP contribution is -2.53. The van der Waals surface area contributed by atoms with Crippen molar-refractivity contribution in [1.82, 2.24) is 24.8 Å². The van der Waals surface area contributed by atoms with E-state index in [1.165, 1.54) is 37.9 Å². The summed E-state index contributed by atoms with van der Waals surface area (Å²) < 4.78 is 2.51. The van der Waals surface area contributed by atoms with Crippen LogP contribution in [-0.4, -0.2) is 62.1 Å². The summed E-state index contributed by atoms with van der Waals surface area (Å²) in [5.74, 6) is 3.25. The number of halogens is 1. The standard InChI is InChI=1S/C20H30N6S.HI/c1-2-21-19(25-14-15-27-20(16-25)10-5-3-6-11-20)22-12-9-18-24-23-17-8-4-7-13-26(17)18;/h4,7-8,13H,2-3,5-6,9-12,14-16H2,1H3,(H,21,22);1H. The van der Waals surface area contributed by atoms with Gasteiger partial charge >= 0.3 is 0 Å². The first-order valence-electron chi connectivity index (χ1n) is 10.3. The van der Waals surface area contributed by atoms with Gasteiger partial charge in [-0.1, -0.05) is 25.3 Å². The molecule has 1 N–H and O–H groups in total. The molecule has 28 heavy (non-hydrogen) atoms. The monoisotopic (exact) mass is 514 g/mol. The van der Waals surface area contributed by atoms with Gasteiger partial charge in [0.25, 0.3) is 0 Å². The predicted octanol–water partition coefficient (Wildman–Crippen LogP) is 3.61. The summed E-state index contributed by atoms with van der Waals surface area (Å²) in [5.41, 5.74) is 0.899. The van der Waals surface area contributed by atoms with Crippen LogP contribution in [0.5, 0.6) is 0 Å². The normalized spacial score (nSPS) is 19.6. The zero-order valence-corrected chi connectivity index (χ0v) is 19.8. The molecule has 1 saturated heterocycles. The van der Waals surface area contributed by atoms with Crippen LogP contribution in [0.3, 0.4) is 0 Å². The molecular weight excluding hydrogens is 483 g/mol. The zero-order chi connectivity index (χ0) is 18.5. The maximum atomic E-state index is 4.94. The van der Waals surface area contributed by atoms with Crippen molar-refractivity contribution in [3.63, 3.8) is 0 Å². The average Bonchev–Trinajstić information content (AvgIpc) is 3.11. The second kappa shape index (κ2) is 10.1. The summed E-state index contributed by atoms with van der Waals surface area (Å²) in [4.78, 5) is 7.43. The average molecular weight is 514 g/mol. The fourth-order valence-electron chi connectivity index (χ4n) is 4.27. The summed E-state index contributed by atoms with van der Waals surface area (Å²) in [6.45, 7) is 6.01. The molecule has 2 aliphatic rings. The highest BCUT2D eigenvalue weighted by molar-refractivity contribution is 14.0. The third-order valence-electron chi connectivity index (χ3n) is 5.63. The van der Waals surface area contributed by atoms with Gasteiger partial charge in [-0.25, -0.2) is 0 Å². The molecule has 1 spiro atoms. The Morgan fingerprint density at radius 3 is 2.93 bits per heavy atom. The fraction of sp³-hybridized carbons (Fsp3) is 0.650. The van der Waals surface area contributed by atoms with E-state index in [9.17, 15) is 0 Å². The lowest BCUT2D eigenvalue weighted by atomic mass is 9.87. The number of nitrogens with zero attached hydrogens (tertiary/aromatic N) is 5. The van der Waals surface area contributed by atoms with Crippen molar-refractivity contribution < 1.29 is 0 Å². The number of nitrogens with one attached hydrogen (secondary N) is 1. The van der Waals surface area contributed by atoms with E-state index < -0.39 is 0 Å². The highest BCUT2D eigenvalue weighted by Crippen LogP contribution is 2.42. The number of hydrogen-bond donors (Lipinski definition) is 1. The molecule has 2 aromatic rings. The van der Waals surface area contributed by atoms with Gasteiger partial charge in [0.15, 0.2) is 11.6 Å². The van der Waals surface area contributed by atoms with E-state index in [2.05, 4.69) is 43.5 Å². The Morgan fingerprint density at radius 2 is 2.11 bits per heavy atom. The van der Waals surface area contributed by atoms with E-state index >= 15 is 0 Å². The van der Waals surface area contributed by atoms with E-state index in [0.29, 0.717) is 4.75 Å². The Morgan fingerprint density at radius 1 is 1.25 bits per heavy atom. The number of rotatable bonds is 4. The van der Waals surface area contributed by atoms with Crippen LogP contribution in [0.15, 0.2) is 29.4 Å². The molecule has 3 heterocycles. The van der Waals surface area contributed by atoms with Gasteiger partial charge < -0.3 is 10.2 Å². The van der Waals surface area contributed by atoms with Crippen LogP contribution >= 0.6 is 35.7 Å². The molecule has 1 saturated carbocycles. The van der Waals surface area contributed by atoms with Gasteiger partial charge in [0.05, 0.1) is 0 Å². The smallest absolute Gasteiger partial charge is 0.194 e. The van der Waals surface area contributed by atoms with Crippen LogP contribution in [0.1, 0.15) is 44.9 Å². The molecule has 2 aromatic heterocycles. The number of hydrogen-bond acceptors (Lipinski definition) is 4. The highest BCUT2D eigenvalue weighted by Gasteiger charge is 2.38. The Kier molecular flexibility index (Phi) is 7.85. The molecule has 0 radical (unpaired) electrons. The highest BCUT2D eigenvalue weighted by atomic mass is 127.